The van der Waals surface area contributed by atoms with Gasteiger partial charge in [0.05, 0.1) is 17.6 Å². The summed E-state index contributed by atoms with van der Waals surface area (Å²) in [4.78, 5) is 36.4. The smallest absolute Gasteiger partial charge is 0.318 e. The number of fused-ring (bicyclic) bond motifs is 1. The van der Waals surface area contributed by atoms with E-state index < -0.39 is 0 Å². The van der Waals surface area contributed by atoms with Crippen molar-refractivity contribution in [1.29, 1.82) is 0 Å². The molecule has 0 saturated carbocycles. The largest absolute Gasteiger partial charge is 0.343 e. The lowest BCUT2D eigenvalue weighted by Crippen LogP contribution is -2.49. The SMILES string of the molecule is Cc1ccc2nc(CNC(=O)N3CCCC[C@H]3CCN3CCCC3=O)[nH]c2c1. The number of aromatic nitrogens is 2. The van der Waals surface area contributed by atoms with Crippen molar-refractivity contribution in [3.8, 4) is 0 Å². The number of hydrogen-bond acceptors (Lipinski definition) is 3. The molecule has 0 bridgehead atoms. The number of nitrogens with zero attached hydrogens (tertiary/aromatic N) is 3. The topological polar surface area (TPSA) is 81.3 Å². The maximum absolute atomic E-state index is 12.8. The van der Waals surface area contributed by atoms with E-state index in [9.17, 15) is 9.59 Å². The molecular formula is C21H29N5O2. The molecule has 1 atom stereocenters. The summed E-state index contributed by atoms with van der Waals surface area (Å²) in [7, 11) is 0. The second-order valence-electron chi connectivity index (χ2n) is 7.98. The van der Waals surface area contributed by atoms with Gasteiger partial charge in [0.25, 0.3) is 0 Å². The molecule has 150 valence electrons. The van der Waals surface area contributed by atoms with Crippen LogP contribution >= 0.6 is 0 Å². The molecule has 2 N–H and O–H groups in total. The van der Waals surface area contributed by atoms with E-state index in [4.69, 9.17) is 0 Å². The fraction of sp³-hybridized carbons (Fsp3) is 0.571. The van der Waals surface area contributed by atoms with Gasteiger partial charge in [0.1, 0.15) is 5.82 Å². The lowest BCUT2D eigenvalue weighted by Gasteiger charge is -2.36. The molecule has 0 unspecified atom stereocenters. The zero-order valence-corrected chi connectivity index (χ0v) is 16.5. The summed E-state index contributed by atoms with van der Waals surface area (Å²) in [5, 5.41) is 3.02. The quantitative estimate of drug-likeness (QED) is 0.833. The highest BCUT2D eigenvalue weighted by atomic mass is 16.2. The summed E-state index contributed by atoms with van der Waals surface area (Å²) in [6.45, 7) is 4.84. The van der Waals surface area contributed by atoms with Gasteiger partial charge in [-0.15, -0.1) is 0 Å². The highest BCUT2D eigenvalue weighted by Gasteiger charge is 2.28. The lowest BCUT2D eigenvalue weighted by molar-refractivity contribution is -0.127. The van der Waals surface area contributed by atoms with E-state index in [2.05, 4.69) is 21.4 Å². The molecule has 0 spiro atoms. The van der Waals surface area contributed by atoms with Crippen LogP contribution in [0.15, 0.2) is 18.2 Å². The maximum Gasteiger partial charge on any atom is 0.318 e. The number of aromatic amines is 1. The van der Waals surface area contributed by atoms with E-state index >= 15 is 0 Å². The summed E-state index contributed by atoms with van der Waals surface area (Å²) >= 11 is 0. The van der Waals surface area contributed by atoms with Crippen LogP contribution in [-0.2, 0) is 11.3 Å². The number of carbonyl (C=O) groups is 2. The normalized spacial score (nSPS) is 20.2. The summed E-state index contributed by atoms with van der Waals surface area (Å²) in [6, 6.07) is 6.27. The van der Waals surface area contributed by atoms with Crippen LogP contribution < -0.4 is 5.32 Å². The standard InChI is InChI=1S/C21H29N5O2/c1-15-7-8-17-18(13-15)24-19(23-17)14-22-21(28)26-11-3-2-5-16(26)9-12-25-10-4-6-20(25)27/h7-8,13,16H,2-6,9-12,14H2,1H3,(H,22,28)(H,23,24)/t16-/m0/s1. The third kappa shape index (κ3) is 4.13. The average molecular weight is 383 g/mol. The molecule has 2 aliphatic heterocycles. The van der Waals surface area contributed by atoms with E-state index in [0.717, 1.165) is 68.6 Å². The molecule has 0 radical (unpaired) electrons. The zero-order chi connectivity index (χ0) is 19.5. The van der Waals surface area contributed by atoms with Crippen LogP contribution in [0, 0.1) is 6.92 Å². The number of amides is 3. The first-order valence-electron chi connectivity index (χ1n) is 10.4. The fourth-order valence-electron chi connectivity index (χ4n) is 4.33. The van der Waals surface area contributed by atoms with Crippen molar-refractivity contribution in [2.45, 2.75) is 58.0 Å². The number of carbonyl (C=O) groups excluding carboxylic acids is 2. The van der Waals surface area contributed by atoms with Crippen molar-refractivity contribution < 1.29 is 9.59 Å². The Morgan fingerprint density at radius 3 is 3.00 bits per heavy atom. The van der Waals surface area contributed by atoms with Gasteiger partial charge in [-0.05, 0) is 56.7 Å². The van der Waals surface area contributed by atoms with Gasteiger partial charge in [0.2, 0.25) is 5.91 Å². The fourth-order valence-corrected chi connectivity index (χ4v) is 4.33. The molecule has 7 nitrogen and oxygen atoms in total. The Kier molecular flexibility index (Phi) is 5.50. The summed E-state index contributed by atoms with van der Waals surface area (Å²) in [5.41, 5.74) is 3.09. The van der Waals surface area contributed by atoms with E-state index in [-0.39, 0.29) is 18.0 Å². The van der Waals surface area contributed by atoms with Crippen molar-refractivity contribution in [2.75, 3.05) is 19.6 Å². The van der Waals surface area contributed by atoms with Gasteiger partial charge < -0.3 is 20.1 Å². The van der Waals surface area contributed by atoms with Crippen LogP contribution in [0.4, 0.5) is 4.79 Å². The molecule has 3 heterocycles. The van der Waals surface area contributed by atoms with Crippen LogP contribution in [0.1, 0.15) is 49.9 Å². The second-order valence-corrected chi connectivity index (χ2v) is 7.98. The molecule has 1 aromatic heterocycles. The van der Waals surface area contributed by atoms with Crippen LogP contribution in [-0.4, -0.2) is 57.4 Å². The van der Waals surface area contributed by atoms with Gasteiger partial charge in [-0.1, -0.05) is 6.07 Å². The third-order valence-electron chi connectivity index (χ3n) is 5.89. The van der Waals surface area contributed by atoms with Gasteiger partial charge in [-0.3, -0.25) is 4.79 Å². The summed E-state index contributed by atoms with van der Waals surface area (Å²) in [6.07, 6.45) is 5.70. The Bertz CT molecular complexity index is 862. The van der Waals surface area contributed by atoms with Crippen LogP contribution in [0.5, 0.6) is 0 Å². The lowest BCUT2D eigenvalue weighted by atomic mass is 9.99. The number of imidazole rings is 1. The molecule has 2 aromatic rings. The molecule has 4 rings (SSSR count). The first-order chi connectivity index (χ1) is 13.6. The first kappa shape index (κ1) is 18.8. The van der Waals surface area contributed by atoms with Crippen LogP contribution in [0.2, 0.25) is 0 Å². The number of rotatable bonds is 5. The number of benzene rings is 1. The van der Waals surface area contributed by atoms with Crippen LogP contribution in [0.3, 0.4) is 0 Å². The molecule has 7 heteroatoms. The van der Waals surface area contributed by atoms with Crippen molar-refractivity contribution in [2.24, 2.45) is 0 Å². The van der Waals surface area contributed by atoms with E-state index in [1.165, 1.54) is 5.56 Å². The van der Waals surface area contributed by atoms with Gasteiger partial charge in [0.15, 0.2) is 0 Å². The van der Waals surface area contributed by atoms with Crippen molar-refractivity contribution in [3.63, 3.8) is 0 Å². The minimum atomic E-state index is -0.0333. The number of likely N-dealkylation sites (tertiary alicyclic amines) is 2. The van der Waals surface area contributed by atoms with E-state index in [1.54, 1.807) is 0 Å². The monoisotopic (exact) mass is 383 g/mol. The van der Waals surface area contributed by atoms with Crippen LogP contribution in [0.25, 0.3) is 11.0 Å². The minimum absolute atomic E-state index is 0.0333. The number of H-pyrrole nitrogens is 1. The number of urea groups is 1. The van der Waals surface area contributed by atoms with Gasteiger partial charge in [-0.2, -0.15) is 0 Å². The number of nitrogens with one attached hydrogen (secondary N) is 2. The Morgan fingerprint density at radius 1 is 1.29 bits per heavy atom. The second kappa shape index (κ2) is 8.20. The molecule has 2 saturated heterocycles. The number of piperidine rings is 1. The average Bonchev–Trinajstić information content (AvgIpc) is 3.29. The Labute approximate surface area is 165 Å². The number of aryl methyl sites for hydroxylation is 1. The minimum Gasteiger partial charge on any atom is -0.343 e. The molecule has 2 fully saturated rings. The van der Waals surface area contributed by atoms with Crippen molar-refractivity contribution in [3.05, 3.63) is 29.6 Å². The van der Waals surface area contributed by atoms with Crippen molar-refractivity contribution >= 4 is 23.0 Å². The van der Waals surface area contributed by atoms with Gasteiger partial charge >= 0.3 is 6.03 Å². The molecule has 2 aliphatic rings. The summed E-state index contributed by atoms with van der Waals surface area (Å²) in [5.74, 6) is 1.03. The van der Waals surface area contributed by atoms with Gasteiger partial charge in [0, 0.05) is 32.1 Å². The Hall–Kier alpha value is -2.57. The molecular weight excluding hydrogens is 354 g/mol. The predicted molar refractivity (Wildman–Crippen MR) is 108 cm³/mol. The molecule has 28 heavy (non-hydrogen) atoms. The van der Waals surface area contributed by atoms with E-state index in [1.807, 2.05) is 28.9 Å². The first-order valence-corrected chi connectivity index (χ1v) is 10.4. The molecule has 1 aromatic carbocycles. The van der Waals surface area contributed by atoms with Crippen molar-refractivity contribution in [1.82, 2.24) is 25.1 Å². The molecule has 3 amide bonds. The highest BCUT2D eigenvalue weighted by Crippen LogP contribution is 2.21. The Balaban J connectivity index is 1.34. The third-order valence-corrected chi connectivity index (χ3v) is 5.89. The Morgan fingerprint density at radius 2 is 2.18 bits per heavy atom. The van der Waals surface area contributed by atoms with E-state index in [0.29, 0.717) is 13.0 Å². The highest BCUT2D eigenvalue weighted by molar-refractivity contribution is 5.78. The van der Waals surface area contributed by atoms with Gasteiger partial charge in [-0.25, -0.2) is 9.78 Å². The predicted octanol–water partition coefficient (Wildman–Crippen LogP) is 2.95. The molecule has 0 aliphatic carbocycles. The maximum atomic E-state index is 12.8. The number of hydrogen-bond donors (Lipinski definition) is 2. The summed E-state index contributed by atoms with van der Waals surface area (Å²) < 4.78 is 0. The zero-order valence-electron chi connectivity index (χ0n) is 16.5.